The van der Waals surface area contributed by atoms with Crippen molar-refractivity contribution < 1.29 is 0 Å². The summed E-state index contributed by atoms with van der Waals surface area (Å²) in [5, 5.41) is 6.57. The minimum absolute atomic E-state index is 0.400. The minimum atomic E-state index is 0.400. The normalized spacial score (nSPS) is 12.2. The predicted octanol–water partition coefficient (Wildman–Crippen LogP) is 3.54. The SMILES string of the molecule is CNc1cncc(NC(C)Cc2ccc(C)s2)c1. The van der Waals surface area contributed by atoms with Gasteiger partial charge in [-0.2, -0.15) is 0 Å². The summed E-state index contributed by atoms with van der Waals surface area (Å²) >= 11 is 1.87. The maximum Gasteiger partial charge on any atom is 0.0549 e. The summed E-state index contributed by atoms with van der Waals surface area (Å²) < 4.78 is 0. The summed E-state index contributed by atoms with van der Waals surface area (Å²) in [5.41, 5.74) is 2.08. The van der Waals surface area contributed by atoms with Crippen molar-refractivity contribution in [2.45, 2.75) is 26.3 Å². The van der Waals surface area contributed by atoms with Gasteiger partial charge in [-0.1, -0.05) is 0 Å². The van der Waals surface area contributed by atoms with E-state index < -0.39 is 0 Å². The first kappa shape index (κ1) is 12.9. The fourth-order valence-corrected chi connectivity index (χ4v) is 2.91. The van der Waals surface area contributed by atoms with Gasteiger partial charge in [-0.3, -0.25) is 4.98 Å². The van der Waals surface area contributed by atoms with E-state index >= 15 is 0 Å². The Morgan fingerprint density at radius 3 is 2.72 bits per heavy atom. The molecule has 0 aliphatic heterocycles. The number of rotatable bonds is 5. The lowest BCUT2D eigenvalue weighted by molar-refractivity contribution is 0.800. The van der Waals surface area contributed by atoms with E-state index in [1.807, 2.05) is 30.8 Å². The van der Waals surface area contributed by atoms with Crippen LogP contribution in [0.3, 0.4) is 0 Å². The molecule has 1 unspecified atom stereocenters. The van der Waals surface area contributed by atoms with Crippen molar-refractivity contribution in [1.29, 1.82) is 0 Å². The number of nitrogens with zero attached hydrogens (tertiary/aromatic N) is 1. The second-order valence-corrected chi connectivity index (χ2v) is 5.85. The summed E-state index contributed by atoms with van der Waals surface area (Å²) in [6.07, 6.45) is 4.72. The zero-order valence-corrected chi connectivity index (χ0v) is 11.8. The largest absolute Gasteiger partial charge is 0.387 e. The molecule has 2 rings (SSSR count). The topological polar surface area (TPSA) is 37.0 Å². The van der Waals surface area contributed by atoms with Crippen LogP contribution in [0.2, 0.25) is 0 Å². The zero-order chi connectivity index (χ0) is 13.0. The van der Waals surface area contributed by atoms with E-state index in [0.29, 0.717) is 6.04 Å². The van der Waals surface area contributed by atoms with Crippen LogP contribution in [0, 0.1) is 6.92 Å². The molecule has 0 saturated heterocycles. The highest BCUT2D eigenvalue weighted by Crippen LogP contribution is 2.19. The predicted molar refractivity (Wildman–Crippen MR) is 79.6 cm³/mol. The van der Waals surface area contributed by atoms with Crippen LogP contribution in [0.1, 0.15) is 16.7 Å². The van der Waals surface area contributed by atoms with Gasteiger partial charge in [0.15, 0.2) is 0 Å². The van der Waals surface area contributed by atoms with Crippen molar-refractivity contribution in [2.75, 3.05) is 17.7 Å². The Bertz CT molecular complexity index is 507. The average molecular weight is 261 g/mol. The number of nitrogens with one attached hydrogen (secondary N) is 2. The van der Waals surface area contributed by atoms with Gasteiger partial charge in [0.05, 0.1) is 23.8 Å². The second-order valence-electron chi connectivity index (χ2n) is 4.47. The van der Waals surface area contributed by atoms with Crippen molar-refractivity contribution in [3.8, 4) is 0 Å². The quantitative estimate of drug-likeness (QED) is 0.864. The monoisotopic (exact) mass is 261 g/mol. The van der Waals surface area contributed by atoms with Crippen molar-refractivity contribution in [3.05, 3.63) is 40.3 Å². The number of thiophene rings is 1. The molecule has 2 aromatic heterocycles. The molecule has 0 fully saturated rings. The van der Waals surface area contributed by atoms with Crippen LogP contribution in [-0.4, -0.2) is 18.1 Å². The molecular weight excluding hydrogens is 242 g/mol. The van der Waals surface area contributed by atoms with Crippen molar-refractivity contribution in [1.82, 2.24) is 4.98 Å². The van der Waals surface area contributed by atoms with E-state index in [2.05, 4.69) is 47.7 Å². The molecule has 0 spiro atoms. The van der Waals surface area contributed by atoms with Crippen molar-refractivity contribution in [2.24, 2.45) is 0 Å². The molecule has 2 aromatic rings. The molecule has 0 radical (unpaired) electrons. The molecule has 0 saturated carbocycles. The number of aromatic nitrogens is 1. The zero-order valence-electron chi connectivity index (χ0n) is 11.0. The molecule has 3 nitrogen and oxygen atoms in total. The van der Waals surface area contributed by atoms with Gasteiger partial charge in [0.2, 0.25) is 0 Å². The summed E-state index contributed by atoms with van der Waals surface area (Å²) in [6, 6.07) is 6.86. The Morgan fingerprint density at radius 1 is 1.28 bits per heavy atom. The van der Waals surface area contributed by atoms with Crippen LogP contribution in [0.4, 0.5) is 11.4 Å². The van der Waals surface area contributed by atoms with Gasteiger partial charge in [0, 0.05) is 29.3 Å². The molecule has 1 atom stereocenters. The summed E-state index contributed by atoms with van der Waals surface area (Å²) in [5.74, 6) is 0. The first-order valence-corrected chi connectivity index (χ1v) is 6.93. The Hall–Kier alpha value is -1.55. The number of pyridine rings is 1. The molecule has 2 heterocycles. The Kier molecular flexibility index (Phi) is 4.20. The van der Waals surface area contributed by atoms with Crippen LogP contribution in [0.15, 0.2) is 30.6 Å². The fourth-order valence-electron chi connectivity index (χ4n) is 1.89. The lowest BCUT2D eigenvalue weighted by Gasteiger charge is -2.14. The van der Waals surface area contributed by atoms with Gasteiger partial charge in [-0.25, -0.2) is 0 Å². The van der Waals surface area contributed by atoms with E-state index in [4.69, 9.17) is 0 Å². The summed E-state index contributed by atoms with van der Waals surface area (Å²) in [7, 11) is 1.90. The third-order valence-corrected chi connectivity index (χ3v) is 3.77. The molecule has 4 heteroatoms. The van der Waals surface area contributed by atoms with E-state index in [1.54, 1.807) is 0 Å². The molecule has 2 N–H and O–H groups in total. The van der Waals surface area contributed by atoms with Crippen LogP contribution >= 0.6 is 11.3 Å². The number of aryl methyl sites for hydroxylation is 1. The molecule has 0 aromatic carbocycles. The Balaban J connectivity index is 1.96. The molecule has 0 bridgehead atoms. The van der Waals surface area contributed by atoms with Gasteiger partial charge in [-0.05, 0) is 32.0 Å². The summed E-state index contributed by atoms with van der Waals surface area (Å²) in [6.45, 7) is 4.34. The highest BCUT2D eigenvalue weighted by molar-refractivity contribution is 7.11. The molecular formula is C14H19N3S. The minimum Gasteiger partial charge on any atom is -0.387 e. The van der Waals surface area contributed by atoms with Crippen LogP contribution < -0.4 is 10.6 Å². The number of hydrogen-bond donors (Lipinski definition) is 2. The van der Waals surface area contributed by atoms with Gasteiger partial charge in [0.1, 0.15) is 0 Å². The van der Waals surface area contributed by atoms with E-state index in [9.17, 15) is 0 Å². The van der Waals surface area contributed by atoms with Gasteiger partial charge in [0.25, 0.3) is 0 Å². The van der Waals surface area contributed by atoms with Crippen molar-refractivity contribution >= 4 is 22.7 Å². The maximum atomic E-state index is 4.20. The van der Waals surface area contributed by atoms with E-state index in [-0.39, 0.29) is 0 Å². The molecule has 0 aliphatic carbocycles. The maximum absolute atomic E-state index is 4.20. The van der Waals surface area contributed by atoms with E-state index in [1.165, 1.54) is 9.75 Å². The molecule has 18 heavy (non-hydrogen) atoms. The van der Waals surface area contributed by atoms with Gasteiger partial charge in [-0.15, -0.1) is 11.3 Å². The highest BCUT2D eigenvalue weighted by atomic mass is 32.1. The van der Waals surface area contributed by atoms with Gasteiger partial charge >= 0.3 is 0 Å². The lowest BCUT2D eigenvalue weighted by Crippen LogP contribution is -2.17. The summed E-state index contributed by atoms with van der Waals surface area (Å²) in [4.78, 5) is 6.99. The van der Waals surface area contributed by atoms with Crippen molar-refractivity contribution in [3.63, 3.8) is 0 Å². The smallest absolute Gasteiger partial charge is 0.0549 e. The Morgan fingerprint density at radius 2 is 2.06 bits per heavy atom. The third-order valence-electron chi connectivity index (χ3n) is 2.74. The lowest BCUT2D eigenvalue weighted by atomic mass is 10.2. The first-order chi connectivity index (χ1) is 8.67. The van der Waals surface area contributed by atoms with Gasteiger partial charge < -0.3 is 10.6 Å². The number of hydrogen-bond acceptors (Lipinski definition) is 4. The third kappa shape index (κ3) is 3.47. The molecule has 0 aliphatic rings. The molecule has 96 valence electrons. The highest BCUT2D eigenvalue weighted by Gasteiger charge is 2.06. The fraction of sp³-hybridized carbons (Fsp3) is 0.357. The van der Waals surface area contributed by atoms with Crippen LogP contribution in [0.5, 0.6) is 0 Å². The van der Waals surface area contributed by atoms with Crippen LogP contribution in [0.25, 0.3) is 0 Å². The second kappa shape index (κ2) is 5.87. The average Bonchev–Trinajstić information content (AvgIpc) is 2.74. The molecule has 0 amide bonds. The first-order valence-electron chi connectivity index (χ1n) is 6.12. The standard InChI is InChI=1S/C14H19N3S/c1-10(6-14-5-4-11(2)18-14)17-13-7-12(15-3)8-16-9-13/h4-5,7-10,15,17H,6H2,1-3H3. The number of anilines is 2. The van der Waals surface area contributed by atoms with E-state index in [0.717, 1.165) is 17.8 Å². The van der Waals surface area contributed by atoms with Crippen LogP contribution in [-0.2, 0) is 6.42 Å². The Labute approximate surface area is 112 Å².